The number of aryl methyl sites for hydroxylation is 2. The van der Waals surface area contributed by atoms with E-state index in [2.05, 4.69) is 5.10 Å². The summed E-state index contributed by atoms with van der Waals surface area (Å²) < 4.78 is 7.08. The van der Waals surface area contributed by atoms with E-state index in [9.17, 15) is 4.79 Å². The van der Waals surface area contributed by atoms with Gasteiger partial charge >= 0.3 is 5.97 Å². The number of thioether (sulfide) groups is 1. The molecule has 2 rings (SSSR count). The van der Waals surface area contributed by atoms with Crippen molar-refractivity contribution in [2.45, 2.75) is 24.1 Å². The molecule has 0 saturated carbocycles. The predicted molar refractivity (Wildman–Crippen MR) is 67.9 cm³/mol. The number of carbonyl (C=O) groups is 1. The van der Waals surface area contributed by atoms with Crippen LogP contribution >= 0.6 is 11.8 Å². The second kappa shape index (κ2) is 4.89. The zero-order valence-corrected chi connectivity index (χ0v) is 11.2. The molecule has 0 aromatic carbocycles. The number of aromatic carboxylic acids is 1. The summed E-state index contributed by atoms with van der Waals surface area (Å²) in [4.78, 5) is 10.7. The van der Waals surface area contributed by atoms with E-state index >= 15 is 0 Å². The Morgan fingerprint density at radius 2 is 2.28 bits per heavy atom. The van der Waals surface area contributed by atoms with Crippen LogP contribution in [0.15, 0.2) is 27.6 Å². The molecular weight excluding hydrogens is 252 g/mol. The summed E-state index contributed by atoms with van der Waals surface area (Å²) in [5, 5.41) is 14.1. The van der Waals surface area contributed by atoms with Gasteiger partial charge in [0, 0.05) is 7.05 Å². The van der Waals surface area contributed by atoms with Crippen LogP contribution in [0.4, 0.5) is 0 Å². The number of hydrogen-bond acceptors (Lipinski definition) is 4. The number of nitrogens with zero attached hydrogens (tertiary/aromatic N) is 2. The van der Waals surface area contributed by atoms with E-state index in [1.807, 2.05) is 27.0 Å². The highest BCUT2D eigenvalue weighted by molar-refractivity contribution is 7.99. The Morgan fingerprint density at radius 3 is 2.78 bits per heavy atom. The molecule has 2 aromatic heterocycles. The standard InChI is InChI=1S/C12H14N2O3S/c1-7-6-11(14(3)13-7)18-8(2)9-4-5-10(17-9)12(15)16/h4-6,8H,1-3H3,(H,15,16). The van der Waals surface area contributed by atoms with Gasteiger partial charge in [-0.15, -0.1) is 0 Å². The lowest BCUT2D eigenvalue weighted by molar-refractivity contribution is 0.0660. The Morgan fingerprint density at radius 1 is 1.56 bits per heavy atom. The molecule has 1 N–H and O–H groups in total. The van der Waals surface area contributed by atoms with Gasteiger partial charge in [-0.05, 0) is 32.0 Å². The molecule has 0 aliphatic rings. The van der Waals surface area contributed by atoms with Crippen LogP contribution in [0.5, 0.6) is 0 Å². The topological polar surface area (TPSA) is 68.3 Å². The van der Waals surface area contributed by atoms with Crippen LogP contribution < -0.4 is 0 Å². The minimum atomic E-state index is -1.05. The Balaban J connectivity index is 2.13. The normalized spacial score (nSPS) is 12.6. The third-order valence-corrected chi connectivity index (χ3v) is 3.70. The lowest BCUT2D eigenvalue weighted by Gasteiger charge is -2.07. The van der Waals surface area contributed by atoms with Crippen molar-refractivity contribution in [3.05, 3.63) is 35.4 Å². The average molecular weight is 266 g/mol. The molecule has 2 aromatic rings. The molecule has 0 aliphatic heterocycles. The molecule has 5 nitrogen and oxygen atoms in total. The van der Waals surface area contributed by atoms with Gasteiger partial charge in [0.05, 0.1) is 16.0 Å². The zero-order valence-electron chi connectivity index (χ0n) is 10.4. The zero-order chi connectivity index (χ0) is 13.3. The Labute approximate surface area is 109 Å². The van der Waals surface area contributed by atoms with Gasteiger partial charge in [-0.3, -0.25) is 4.68 Å². The van der Waals surface area contributed by atoms with E-state index in [0.717, 1.165) is 10.7 Å². The molecule has 6 heteroatoms. The van der Waals surface area contributed by atoms with Crippen LogP contribution in [0.3, 0.4) is 0 Å². The first kappa shape index (κ1) is 12.8. The summed E-state index contributed by atoms with van der Waals surface area (Å²) in [5.74, 6) is -0.426. The second-order valence-corrected chi connectivity index (χ2v) is 5.38. The van der Waals surface area contributed by atoms with E-state index < -0.39 is 5.97 Å². The maximum absolute atomic E-state index is 10.7. The third-order valence-electron chi connectivity index (χ3n) is 2.49. The number of furan rings is 1. The number of carboxylic acids is 1. The first-order chi connectivity index (χ1) is 8.47. The summed E-state index contributed by atoms with van der Waals surface area (Å²) >= 11 is 1.58. The van der Waals surface area contributed by atoms with Gasteiger partial charge in [-0.25, -0.2) is 4.79 Å². The lowest BCUT2D eigenvalue weighted by atomic mass is 10.3. The molecule has 2 heterocycles. The van der Waals surface area contributed by atoms with Crippen LogP contribution in [0, 0.1) is 6.92 Å². The summed E-state index contributed by atoms with van der Waals surface area (Å²) in [5.41, 5.74) is 0.956. The smallest absolute Gasteiger partial charge is 0.371 e. The van der Waals surface area contributed by atoms with Crippen LogP contribution in [0.1, 0.15) is 34.2 Å². The minimum Gasteiger partial charge on any atom is -0.475 e. The number of aromatic nitrogens is 2. The van der Waals surface area contributed by atoms with Crippen molar-refractivity contribution in [1.82, 2.24) is 9.78 Å². The van der Waals surface area contributed by atoms with Gasteiger partial charge in [0.2, 0.25) is 5.76 Å². The maximum Gasteiger partial charge on any atom is 0.371 e. The van der Waals surface area contributed by atoms with E-state index in [0.29, 0.717) is 5.76 Å². The predicted octanol–water partition coefficient (Wildman–Crippen LogP) is 2.87. The molecule has 96 valence electrons. The minimum absolute atomic E-state index is 0.0290. The SMILES string of the molecule is Cc1cc(SC(C)c2ccc(C(=O)O)o2)n(C)n1. The van der Waals surface area contributed by atoms with E-state index in [1.165, 1.54) is 6.07 Å². The van der Waals surface area contributed by atoms with Crippen molar-refractivity contribution < 1.29 is 14.3 Å². The molecule has 0 aliphatic carbocycles. The van der Waals surface area contributed by atoms with E-state index in [4.69, 9.17) is 9.52 Å². The second-order valence-electron chi connectivity index (χ2n) is 4.01. The number of rotatable bonds is 4. The Kier molecular flexibility index (Phi) is 3.47. The van der Waals surface area contributed by atoms with Crippen molar-refractivity contribution in [3.8, 4) is 0 Å². The first-order valence-electron chi connectivity index (χ1n) is 5.47. The van der Waals surface area contributed by atoms with Crippen molar-refractivity contribution in [2.24, 2.45) is 7.05 Å². The molecule has 1 unspecified atom stereocenters. The highest BCUT2D eigenvalue weighted by atomic mass is 32.2. The highest BCUT2D eigenvalue weighted by Gasteiger charge is 2.16. The Bertz CT molecular complexity index is 574. The quantitative estimate of drug-likeness (QED) is 0.862. The maximum atomic E-state index is 10.7. The summed E-state index contributed by atoms with van der Waals surface area (Å²) in [6.07, 6.45) is 0. The van der Waals surface area contributed by atoms with Gasteiger partial charge in [-0.1, -0.05) is 11.8 Å². The average Bonchev–Trinajstić information content (AvgIpc) is 2.86. The van der Waals surface area contributed by atoms with E-state index in [1.54, 1.807) is 22.5 Å². The van der Waals surface area contributed by atoms with Crippen molar-refractivity contribution in [2.75, 3.05) is 0 Å². The van der Waals surface area contributed by atoms with Crippen molar-refractivity contribution in [1.29, 1.82) is 0 Å². The van der Waals surface area contributed by atoms with Gasteiger partial charge in [0.25, 0.3) is 0 Å². The van der Waals surface area contributed by atoms with Crippen molar-refractivity contribution in [3.63, 3.8) is 0 Å². The molecule has 0 saturated heterocycles. The highest BCUT2D eigenvalue weighted by Crippen LogP contribution is 2.35. The largest absolute Gasteiger partial charge is 0.475 e. The number of carboxylic acid groups (broad SMARTS) is 1. The summed E-state index contributed by atoms with van der Waals surface area (Å²) in [7, 11) is 1.88. The fraction of sp³-hybridized carbons (Fsp3) is 0.333. The van der Waals surface area contributed by atoms with Crippen LogP contribution in [0.25, 0.3) is 0 Å². The van der Waals surface area contributed by atoms with E-state index in [-0.39, 0.29) is 11.0 Å². The number of hydrogen-bond donors (Lipinski definition) is 1. The molecule has 18 heavy (non-hydrogen) atoms. The molecule has 0 fully saturated rings. The Hall–Kier alpha value is -1.69. The summed E-state index contributed by atoms with van der Waals surface area (Å²) in [6, 6.07) is 5.16. The van der Waals surface area contributed by atoms with Gasteiger partial charge in [0.15, 0.2) is 0 Å². The first-order valence-corrected chi connectivity index (χ1v) is 6.35. The van der Waals surface area contributed by atoms with Crippen LogP contribution in [-0.2, 0) is 7.05 Å². The van der Waals surface area contributed by atoms with Gasteiger partial charge < -0.3 is 9.52 Å². The van der Waals surface area contributed by atoms with Gasteiger partial charge in [-0.2, -0.15) is 5.10 Å². The molecule has 1 atom stereocenters. The van der Waals surface area contributed by atoms with Crippen LogP contribution in [-0.4, -0.2) is 20.9 Å². The van der Waals surface area contributed by atoms with Crippen molar-refractivity contribution >= 4 is 17.7 Å². The fourth-order valence-corrected chi connectivity index (χ4v) is 2.66. The monoisotopic (exact) mass is 266 g/mol. The molecule has 0 radical (unpaired) electrons. The molecule has 0 bridgehead atoms. The summed E-state index contributed by atoms with van der Waals surface area (Å²) in [6.45, 7) is 3.90. The fourth-order valence-electron chi connectivity index (χ4n) is 1.62. The third kappa shape index (κ3) is 2.59. The molecule has 0 amide bonds. The lowest BCUT2D eigenvalue weighted by Crippen LogP contribution is -1.95. The molecular formula is C12H14N2O3S. The molecule has 0 spiro atoms. The van der Waals surface area contributed by atoms with Crippen LogP contribution in [0.2, 0.25) is 0 Å². The van der Waals surface area contributed by atoms with Gasteiger partial charge in [0.1, 0.15) is 5.76 Å².